The van der Waals surface area contributed by atoms with Crippen molar-refractivity contribution in [1.82, 2.24) is 20.5 Å². The van der Waals surface area contributed by atoms with Crippen LogP contribution in [0.25, 0.3) is 10.9 Å². The van der Waals surface area contributed by atoms with Gasteiger partial charge in [0.1, 0.15) is 5.52 Å². The molecule has 0 saturated heterocycles. The van der Waals surface area contributed by atoms with Crippen LogP contribution in [-0.2, 0) is 0 Å². The number of amides is 2. The van der Waals surface area contributed by atoms with Crippen LogP contribution in [0.15, 0.2) is 36.7 Å². The lowest BCUT2D eigenvalue weighted by molar-refractivity contribution is -0.358. The molecule has 0 unspecified atom stereocenters. The monoisotopic (exact) mass is 323 g/mol. The summed E-state index contributed by atoms with van der Waals surface area (Å²) < 4.78 is 0. The number of hydrogen-bond donors (Lipinski definition) is 3. The molecule has 24 heavy (non-hydrogen) atoms. The highest BCUT2D eigenvalue weighted by Crippen LogP contribution is 2.41. The highest BCUT2D eigenvalue weighted by Gasteiger charge is 2.28. The van der Waals surface area contributed by atoms with E-state index >= 15 is 0 Å². The molecule has 1 atom stereocenters. The first kappa shape index (κ1) is 14.6. The van der Waals surface area contributed by atoms with Gasteiger partial charge in [-0.1, -0.05) is 6.07 Å². The highest BCUT2D eigenvalue weighted by molar-refractivity contribution is 5.90. The third kappa shape index (κ3) is 2.92. The molecule has 122 valence electrons. The van der Waals surface area contributed by atoms with Gasteiger partial charge in [-0.25, -0.2) is 9.78 Å². The second-order valence-corrected chi connectivity index (χ2v) is 6.13. The maximum atomic E-state index is 12.2. The van der Waals surface area contributed by atoms with Crippen LogP contribution in [0.3, 0.4) is 0 Å². The third-order valence-electron chi connectivity index (χ3n) is 4.23. The Bertz CT molecular complexity index is 871. The summed E-state index contributed by atoms with van der Waals surface area (Å²) in [5.41, 5.74) is 2.85. The van der Waals surface area contributed by atoms with Crippen LogP contribution in [0.5, 0.6) is 0 Å². The van der Waals surface area contributed by atoms with Gasteiger partial charge >= 0.3 is 6.03 Å². The maximum Gasteiger partial charge on any atom is 0.407 e. The minimum atomic E-state index is -0.290. The summed E-state index contributed by atoms with van der Waals surface area (Å²) in [5, 5.41) is 14.2. The Hall–Kier alpha value is -2.96. The first-order valence-corrected chi connectivity index (χ1v) is 8.09. The van der Waals surface area contributed by atoms with Gasteiger partial charge in [-0.3, -0.25) is 10.1 Å². The van der Waals surface area contributed by atoms with Crippen LogP contribution >= 0.6 is 0 Å². The van der Waals surface area contributed by atoms with Gasteiger partial charge in [0, 0.05) is 17.8 Å². The molecule has 1 aliphatic rings. The maximum absolute atomic E-state index is 12.2. The molecule has 3 aromatic rings. The number of carbonyl (C=O) groups excluding carboxylic acids is 1. The number of H-pyrrole nitrogens is 2. The van der Waals surface area contributed by atoms with Crippen LogP contribution < -0.4 is 15.6 Å². The molecule has 7 nitrogen and oxygen atoms in total. The topological polar surface area (TPSA) is 96.8 Å². The van der Waals surface area contributed by atoms with Crippen LogP contribution in [0.1, 0.15) is 43.1 Å². The molecule has 4 rings (SSSR count). The van der Waals surface area contributed by atoms with Gasteiger partial charge in [0.2, 0.25) is 0 Å². The average Bonchev–Trinajstić information content (AvgIpc) is 3.35. The highest BCUT2D eigenvalue weighted by atomic mass is 16.2. The van der Waals surface area contributed by atoms with Gasteiger partial charge in [-0.2, -0.15) is 10.4 Å². The van der Waals surface area contributed by atoms with Crippen LogP contribution in [0.4, 0.5) is 10.6 Å². The van der Waals surface area contributed by atoms with Crippen molar-refractivity contribution in [3.8, 4) is 0 Å². The Kier molecular flexibility index (Phi) is 3.60. The Labute approximate surface area is 138 Å². The van der Waals surface area contributed by atoms with E-state index in [0.29, 0.717) is 11.7 Å². The molecule has 7 heteroatoms. The van der Waals surface area contributed by atoms with E-state index in [9.17, 15) is 4.79 Å². The molecule has 2 amide bonds. The number of urea groups is 1. The Morgan fingerprint density at radius 1 is 1.42 bits per heavy atom. The Balaban J connectivity index is 1.44. The van der Waals surface area contributed by atoms with Crippen molar-refractivity contribution in [2.75, 3.05) is 5.32 Å². The number of rotatable bonds is 4. The van der Waals surface area contributed by atoms with Crippen molar-refractivity contribution in [3.05, 3.63) is 48.0 Å². The van der Waals surface area contributed by atoms with Crippen molar-refractivity contribution in [3.63, 3.8) is 0 Å². The molecule has 3 heterocycles. The van der Waals surface area contributed by atoms with E-state index in [1.54, 1.807) is 6.20 Å². The van der Waals surface area contributed by atoms with Crippen LogP contribution in [-0.4, -0.2) is 21.2 Å². The molecule has 1 aliphatic carbocycles. The summed E-state index contributed by atoms with van der Waals surface area (Å²) in [6.45, 7) is 1.89. The normalized spacial score (nSPS) is 15.2. The first-order chi connectivity index (χ1) is 11.7. The second-order valence-electron chi connectivity index (χ2n) is 6.13. The molecule has 4 N–H and O–H groups in total. The molecule has 3 aromatic heterocycles. The Morgan fingerprint density at radius 2 is 2.29 bits per heavy atom. The predicted molar refractivity (Wildman–Crippen MR) is 89.4 cm³/mol. The number of nitrogens with zero attached hydrogens (tertiary/aromatic N) is 2. The van der Waals surface area contributed by atoms with Crippen LogP contribution in [0.2, 0.25) is 0 Å². The number of anilines is 1. The number of carbonyl (C=O) groups is 1. The van der Waals surface area contributed by atoms with Gasteiger partial charge in [0.15, 0.2) is 0 Å². The SMILES string of the molecule is C[C@@H](NC(=O)Nc1cc2n[nH]c(C3CC3)c2c[nH+]1)c1ccccn1. The summed E-state index contributed by atoms with van der Waals surface area (Å²) in [7, 11) is 0. The van der Waals surface area contributed by atoms with Crippen molar-refractivity contribution in [1.29, 1.82) is 0 Å². The number of aromatic nitrogens is 4. The molecule has 1 fully saturated rings. The fourth-order valence-electron chi connectivity index (χ4n) is 2.79. The van der Waals surface area contributed by atoms with Gasteiger partial charge < -0.3 is 5.32 Å². The third-order valence-corrected chi connectivity index (χ3v) is 4.23. The van der Waals surface area contributed by atoms with E-state index in [1.165, 1.54) is 18.5 Å². The molecule has 0 aliphatic heterocycles. The predicted octanol–water partition coefficient (Wildman–Crippen LogP) is 2.53. The molecule has 0 aromatic carbocycles. The Morgan fingerprint density at radius 3 is 3.04 bits per heavy atom. The van der Waals surface area contributed by atoms with Crippen LogP contribution in [0, 0.1) is 0 Å². The fraction of sp³-hybridized carbons (Fsp3) is 0.294. The van der Waals surface area contributed by atoms with Crippen molar-refractivity contribution in [2.45, 2.75) is 31.7 Å². The van der Waals surface area contributed by atoms with E-state index in [0.717, 1.165) is 16.6 Å². The lowest BCUT2D eigenvalue weighted by Gasteiger charge is -2.10. The quantitative estimate of drug-likeness (QED) is 0.688. The number of aromatic amines is 2. The summed E-state index contributed by atoms with van der Waals surface area (Å²) in [6.07, 6.45) is 6.03. The molecular weight excluding hydrogens is 304 g/mol. The standard InChI is InChI=1S/C17H18N6O/c1-10(13-4-2-3-7-18-13)20-17(24)21-15-8-14-12(9-19-15)16(23-22-14)11-5-6-11/h2-4,7-11H,5-6H2,1H3,(H,22,23)(H2,19,20,21,24)/p+1/t10-/m1/s1. The molecule has 1 saturated carbocycles. The summed E-state index contributed by atoms with van der Waals surface area (Å²) in [4.78, 5) is 19.5. The smallest absolute Gasteiger partial charge is 0.310 e. The minimum Gasteiger partial charge on any atom is -0.310 e. The molecule has 0 radical (unpaired) electrons. The zero-order valence-corrected chi connectivity index (χ0v) is 13.3. The van der Waals surface area contributed by atoms with Gasteiger partial charge in [-0.05, 0) is 31.9 Å². The van der Waals surface area contributed by atoms with E-state index in [2.05, 4.69) is 30.8 Å². The minimum absolute atomic E-state index is 0.179. The van der Waals surface area contributed by atoms with Crippen molar-refractivity contribution < 1.29 is 9.78 Å². The first-order valence-electron chi connectivity index (χ1n) is 8.09. The van der Waals surface area contributed by atoms with Crippen molar-refractivity contribution in [2.24, 2.45) is 0 Å². The number of hydrogen-bond acceptors (Lipinski definition) is 3. The zero-order chi connectivity index (χ0) is 16.5. The molecular formula is C17H19N6O+. The van der Waals surface area contributed by atoms with E-state index < -0.39 is 0 Å². The molecule has 0 bridgehead atoms. The lowest BCUT2D eigenvalue weighted by atomic mass is 10.2. The zero-order valence-electron chi connectivity index (χ0n) is 13.3. The number of pyridine rings is 2. The lowest BCUT2D eigenvalue weighted by Crippen LogP contribution is -2.33. The number of fused-ring (bicyclic) bond motifs is 1. The second kappa shape index (κ2) is 5.92. The summed E-state index contributed by atoms with van der Waals surface area (Å²) in [5.74, 6) is 1.20. The van der Waals surface area contributed by atoms with Crippen molar-refractivity contribution >= 4 is 22.8 Å². The summed E-state index contributed by atoms with van der Waals surface area (Å²) in [6, 6.07) is 6.99. The fourth-order valence-corrected chi connectivity index (χ4v) is 2.79. The van der Waals surface area contributed by atoms with E-state index in [-0.39, 0.29) is 12.1 Å². The van der Waals surface area contributed by atoms with Gasteiger partial charge in [-0.15, -0.1) is 0 Å². The number of nitrogens with one attached hydrogen (secondary N) is 4. The summed E-state index contributed by atoms with van der Waals surface area (Å²) >= 11 is 0. The van der Waals surface area contributed by atoms with E-state index in [1.807, 2.05) is 37.4 Å². The molecule has 0 spiro atoms. The van der Waals surface area contributed by atoms with Gasteiger partial charge in [0.05, 0.1) is 29.4 Å². The van der Waals surface area contributed by atoms with E-state index in [4.69, 9.17) is 0 Å². The van der Waals surface area contributed by atoms with Gasteiger partial charge in [0.25, 0.3) is 5.82 Å². The largest absolute Gasteiger partial charge is 0.407 e. The average molecular weight is 323 g/mol.